The third-order valence-corrected chi connectivity index (χ3v) is 6.00. The number of hydrogen-bond acceptors (Lipinski definition) is 4. The van der Waals surface area contributed by atoms with Gasteiger partial charge in [0, 0.05) is 34.5 Å². The minimum atomic E-state index is -4.82. The van der Waals surface area contributed by atoms with E-state index >= 15 is 0 Å². The third kappa shape index (κ3) is 5.15. The number of fused-ring (bicyclic) bond motifs is 1. The van der Waals surface area contributed by atoms with E-state index in [9.17, 15) is 31.1 Å². The van der Waals surface area contributed by atoms with Gasteiger partial charge in [-0.15, -0.1) is 5.10 Å². The largest absolute Gasteiger partial charge is 0.417 e. The van der Waals surface area contributed by atoms with Gasteiger partial charge in [-0.3, -0.25) is 9.78 Å². The Bertz CT molecular complexity index is 1770. The monoisotopic (exact) mass is 553 g/mol. The number of pyridine rings is 1. The number of nitrogens with zero attached hydrogens (tertiary/aromatic N) is 4. The maximum atomic E-state index is 13.9. The summed E-state index contributed by atoms with van der Waals surface area (Å²) >= 11 is 0. The predicted molar refractivity (Wildman–Crippen MR) is 136 cm³/mol. The van der Waals surface area contributed by atoms with E-state index in [0.29, 0.717) is 10.9 Å². The van der Waals surface area contributed by atoms with Crippen molar-refractivity contribution in [2.24, 2.45) is 5.73 Å². The third-order valence-electron chi connectivity index (χ3n) is 6.00. The molecule has 0 atom stereocenters. The van der Waals surface area contributed by atoms with E-state index in [-0.39, 0.29) is 11.1 Å². The predicted octanol–water partition coefficient (Wildman–Crippen LogP) is 6.68. The molecule has 12 heteroatoms. The molecule has 0 bridgehead atoms. The van der Waals surface area contributed by atoms with E-state index < -0.39 is 52.2 Å². The first-order chi connectivity index (χ1) is 18.9. The topological polar surface area (TPSA) is 86.7 Å². The number of carbonyl (C=O) groups is 1. The Kier molecular flexibility index (Phi) is 6.62. The fraction of sp³-hybridized carbons (Fsp3) is 0.0714. The van der Waals surface area contributed by atoms with Crippen molar-refractivity contribution in [3.63, 3.8) is 0 Å². The summed E-state index contributed by atoms with van der Waals surface area (Å²) < 4.78 is 83.8. The van der Waals surface area contributed by atoms with Gasteiger partial charge in [0.2, 0.25) is 0 Å². The normalized spacial score (nSPS) is 12.6. The van der Waals surface area contributed by atoms with Gasteiger partial charge >= 0.3 is 12.4 Å². The highest BCUT2D eigenvalue weighted by atomic mass is 19.4. The maximum absolute atomic E-state index is 13.9. The van der Waals surface area contributed by atoms with Crippen molar-refractivity contribution in [3.05, 3.63) is 102 Å². The molecule has 0 aliphatic carbocycles. The molecular weight excluding hydrogens is 536 g/mol. The molecule has 5 rings (SSSR count). The lowest BCUT2D eigenvalue weighted by atomic mass is 10.0. The lowest BCUT2D eigenvalue weighted by molar-refractivity contribution is -0.137. The molecule has 0 aliphatic heterocycles. The highest BCUT2D eigenvalue weighted by molar-refractivity contribution is 6.22. The summed E-state index contributed by atoms with van der Waals surface area (Å²) in [6.07, 6.45) is -7.24. The van der Waals surface area contributed by atoms with Gasteiger partial charge in [-0.25, -0.2) is 9.67 Å². The van der Waals surface area contributed by atoms with Crippen molar-refractivity contribution in [1.29, 1.82) is 0 Å². The quantitative estimate of drug-likeness (QED) is 0.194. The molecule has 0 radical (unpaired) electrons. The number of rotatable bonds is 5. The zero-order valence-electron chi connectivity index (χ0n) is 20.2. The van der Waals surface area contributed by atoms with Crippen molar-refractivity contribution >= 4 is 28.6 Å². The Balaban J connectivity index is 1.78. The van der Waals surface area contributed by atoms with Crippen molar-refractivity contribution in [1.82, 2.24) is 19.7 Å². The lowest BCUT2D eigenvalue weighted by Crippen LogP contribution is -2.14. The number of primary amides is 1. The van der Waals surface area contributed by atoms with E-state index in [0.717, 1.165) is 35.1 Å². The number of amides is 1. The number of carbonyl (C=O) groups excluding carboxylic acids is 1. The maximum Gasteiger partial charge on any atom is 0.417 e. The zero-order chi connectivity index (χ0) is 28.7. The zero-order valence-corrected chi connectivity index (χ0v) is 20.2. The highest BCUT2D eigenvalue weighted by Gasteiger charge is 2.37. The van der Waals surface area contributed by atoms with Crippen LogP contribution in [0.15, 0.2) is 85.1 Å². The molecule has 0 fully saturated rings. The van der Waals surface area contributed by atoms with Crippen molar-refractivity contribution in [2.45, 2.75) is 12.4 Å². The molecule has 2 N–H and O–H groups in total. The van der Waals surface area contributed by atoms with Crippen LogP contribution in [-0.4, -0.2) is 25.7 Å². The number of aromatic nitrogens is 4. The first-order valence-electron chi connectivity index (χ1n) is 11.6. The molecule has 3 aromatic carbocycles. The van der Waals surface area contributed by atoms with E-state index in [1.807, 2.05) is 0 Å². The Morgan fingerprint density at radius 1 is 0.800 bits per heavy atom. The molecule has 0 unspecified atom stereocenters. The van der Waals surface area contributed by atoms with Crippen LogP contribution in [-0.2, 0) is 17.1 Å². The van der Waals surface area contributed by atoms with Gasteiger partial charge < -0.3 is 5.73 Å². The Morgan fingerprint density at radius 2 is 1.38 bits per heavy atom. The van der Waals surface area contributed by atoms with Gasteiger partial charge in [0.25, 0.3) is 5.91 Å². The SMILES string of the molecule is NC(=O)C(=Cn1nc(-c2ccccc2C(F)(F)F)nc1-c1ccccc1C(F)(F)F)c1cnc2ccccc2c1. The van der Waals surface area contributed by atoms with Crippen LogP contribution < -0.4 is 5.73 Å². The Hall–Kier alpha value is -5.00. The highest BCUT2D eigenvalue weighted by Crippen LogP contribution is 2.39. The molecule has 2 heterocycles. The molecule has 0 saturated carbocycles. The lowest BCUT2D eigenvalue weighted by Gasteiger charge is -2.12. The summed E-state index contributed by atoms with van der Waals surface area (Å²) in [5, 5.41) is 4.74. The number of benzene rings is 3. The van der Waals surface area contributed by atoms with Crippen LogP contribution in [0.1, 0.15) is 16.7 Å². The smallest absolute Gasteiger partial charge is 0.366 e. The van der Waals surface area contributed by atoms with E-state index in [1.165, 1.54) is 30.5 Å². The molecule has 0 spiro atoms. The Labute approximate surface area is 222 Å². The van der Waals surface area contributed by atoms with Gasteiger partial charge in [0.1, 0.15) is 0 Å². The summed E-state index contributed by atoms with van der Waals surface area (Å²) in [5.41, 5.74) is 3.15. The molecular formula is C28H17F6N5O. The average molecular weight is 553 g/mol. The number of alkyl halides is 6. The molecule has 1 amide bonds. The average Bonchev–Trinajstić information content (AvgIpc) is 3.34. The van der Waals surface area contributed by atoms with Crippen LogP contribution in [0.4, 0.5) is 26.3 Å². The second-order valence-corrected chi connectivity index (χ2v) is 8.61. The number of halogens is 6. The fourth-order valence-electron chi connectivity index (χ4n) is 4.18. The molecule has 0 saturated heterocycles. The van der Waals surface area contributed by atoms with Crippen molar-refractivity contribution in [3.8, 4) is 22.8 Å². The first-order valence-corrected chi connectivity index (χ1v) is 11.6. The minimum absolute atomic E-state index is 0.204. The summed E-state index contributed by atoms with van der Waals surface area (Å²) in [5.74, 6) is -1.93. The fourth-order valence-corrected chi connectivity index (χ4v) is 4.18. The summed E-state index contributed by atoms with van der Waals surface area (Å²) in [4.78, 5) is 20.9. The summed E-state index contributed by atoms with van der Waals surface area (Å²) in [6.45, 7) is 0. The molecule has 2 aromatic heterocycles. The molecule has 0 aliphatic rings. The van der Waals surface area contributed by atoms with Crippen molar-refractivity contribution in [2.75, 3.05) is 0 Å². The van der Waals surface area contributed by atoms with Crippen molar-refractivity contribution < 1.29 is 31.1 Å². The van der Waals surface area contributed by atoms with Crippen LogP contribution in [0.3, 0.4) is 0 Å². The van der Waals surface area contributed by atoms with E-state index in [1.54, 1.807) is 30.3 Å². The van der Waals surface area contributed by atoms with Gasteiger partial charge in [-0.1, -0.05) is 54.6 Å². The molecule has 6 nitrogen and oxygen atoms in total. The van der Waals surface area contributed by atoms with Crippen LogP contribution in [0.5, 0.6) is 0 Å². The second kappa shape index (κ2) is 9.95. The molecule has 202 valence electrons. The van der Waals surface area contributed by atoms with Gasteiger partial charge in [-0.05, 0) is 24.3 Å². The van der Waals surface area contributed by atoms with Crippen LogP contribution in [0.2, 0.25) is 0 Å². The number of nitrogens with two attached hydrogens (primary N) is 1. The van der Waals surface area contributed by atoms with Gasteiger partial charge in [0.05, 0.1) is 22.2 Å². The van der Waals surface area contributed by atoms with Crippen LogP contribution in [0.25, 0.3) is 45.5 Å². The summed E-state index contributed by atoms with van der Waals surface area (Å²) in [7, 11) is 0. The molecule has 40 heavy (non-hydrogen) atoms. The number of para-hydroxylation sites is 1. The van der Waals surface area contributed by atoms with Crippen LogP contribution in [0, 0.1) is 0 Å². The van der Waals surface area contributed by atoms with E-state index in [4.69, 9.17) is 5.73 Å². The Morgan fingerprint density at radius 3 is 2.02 bits per heavy atom. The number of hydrogen-bond donors (Lipinski definition) is 1. The van der Waals surface area contributed by atoms with Crippen LogP contribution >= 0.6 is 0 Å². The van der Waals surface area contributed by atoms with E-state index in [2.05, 4.69) is 15.1 Å². The molecule has 5 aromatic rings. The minimum Gasteiger partial charge on any atom is -0.366 e. The second-order valence-electron chi connectivity index (χ2n) is 8.61. The summed E-state index contributed by atoms with van der Waals surface area (Å²) in [6, 6.07) is 17.4. The van der Waals surface area contributed by atoms with Gasteiger partial charge in [-0.2, -0.15) is 26.3 Å². The first kappa shape index (κ1) is 26.6. The standard InChI is InChI=1S/C28H17F6N5O/c29-27(30,31)21-10-4-2-8-18(21)25-37-26(19-9-3-5-11-22(19)28(32,33)34)39(38-25)15-20(24(35)40)17-13-16-7-1-6-12-23(16)36-14-17/h1-15H,(H2,35,40). The van der Waals surface area contributed by atoms with Gasteiger partial charge in [0.15, 0.2) is 11.6 Å².